The van der Waals surface area contributed by atoms with Crippen LogP contribution in [0.15, 0.2) is 11.7 Å². The molecule has 0 amide bonds. The van der Waals surface area contributed by atoms with Crippen LogP contribution in [0.3, 0.4) is 0 Å². The van der Waals surface area contributed by atoms with E-state index in [1.54, 1.807) is 11.3 Å². The minimum atomic E-state index is -0.670. The van der Waals surface area contributed by atoms with Gasteiger partial charge in [-0.2, -0.15) is 5.10 Å². The van der Waals surface area contributed by atoms with Crippen molar-refractivity contribution in [3.63, 3.8) is 0 Å². The lowest BCUT2D eigenvalue weighted by molar-refractivity contribution is 0.168. The predicted molar refractivity (Wildman–Crippen MR) is 65.9 cm³/mol. The van der Waals surface area contributed by atoms with Gasteiger partial charge in [0.25, 0.3) is 0 Å². The average Bonchev–Trinajstić information content (AvgIpc) is 2.85. The van der Waals surface area contributed by atoms with Gasteiger partial charge in [0.15, 0.2) is 5.82 Å². The Balaban J connectivity index is 2.07. The van der Waals surface area contributed by atoms with Crippen LogP contribution in [-0.2, 0) is 11.8 Å². The summed E-state index contributed by atoms with van der Waals surface area (Å²) in [7, 11) is 0. The first kappa shape index (κ1) is 12.2. The minimum Gasteiger partial charge on any atom is -0.385 e. The van der Waals surface area contributed by atoms with Gasteiger partial charge in [-0.05, 0) is 0 Å². The summed E-state index contributed by atoms with van der Waals surface area (Å²) in [5.41, 5.74) is 1.11. The first-order chi connectivity index (χ1) is 7.97. The molecule has 0 aromatic carbocycles. The molecule has 2 N–H and O–H groups in total. The summed E-state index contributed by atoms with van der Waals surface area (Å²) in [6.45, 7) is 6.37. The molecule has 0 fully saturated rings. The number of nitrogens with zero attached hydrogens (tertiary/aromatic N) is 3. The van der Waals surface area contributed by atoms with E-state index in [0.717, 1.165) is 10.7 Å². The third-order valence-electron chi connectivity index (χ3n) is 2.44. The molecule has 0 aliphatic carbocycles. The molecule has 0 saturated heterocycles. The molecule has 17 heavy (non-hydrogen) atoms. The van der Waals surface area contributed by atoms with E-state index in [1.165, 1.54) is 6.33 Å². The van der Waals surface area contributed by atoms with E-state index in [-0.39, 0.29) is 5.41 Å². The molecule has 2 aromatic heterocycles. The van der Waals surface area contributed by atoms with Crippen LogP contribution in [0.25, 0.3) is 0 Å². The van der Waals surface area contributed by atoms with E-state index >= 15 is 0 Å². The van der Waals surface area contributed by atoms with Gasteiger partial charge < -0.3 is 5.11 Å². The van der Waals surface area contributed by atoms with Gasteiger partial charge in [-0.25, -0.2) is 9.97 Å². The fraction of sp³-hybridized carbons (Fsp3) is 0.545. The predicted octanol–water partition coefficient (Wildman–Crippen LogP) is 1.83. The van der Waals surface area contributed by atoms with Gasteiger partial charge in [-0.1, -0.05) is 20.8 Å². The van der Waals surface area contributed by atoms with Crippen LogP contribution in [0.1, 0.15) is 43.4 Å². The Morgan fingerprint density at radius 3 is 2.76 bits per heavy atom. The largest absolute Gasteiger partial charge is 0.385 e. The summed E-state index contributed by atoms with van der Waals surface area (Å²) in [4.78, 5) is 8.46. The number of hydrogen-bond acceptors (Lipinski definition) is 5. The highest BCUT2D eigenvalue weighted by Gasteiger charge is 2.19. The molecule has 2 rings (SSSR count). The van der Waals surface area contributed by atoms with E-state index in [4.69, 9.17) is 0 Å². The Hall–Kier alpha value is -1.27. The van der Waals surface area contributed by atoms with Crippen LogP contribution in [0.4, 0.5) is 0 Å². The molecule has 92 valence electrons. The monoisotopic (exact) mass is 252 g/mol. The summed E-state index contributed by atoms with van der Waals surface area (Å²) in [5, 5.41) is 19.2. The number of nitrogens with one attached hydrogen (secondary N) is 1. The molecule has 0 aliphatic rings. The zero-order valence-electron chi connectivity index (χ0n) is 10.1. The molecule has 5 nitrogen and oxygen atoms in total. The van der Waals surface area contributed by atoms with Crippen LogP contribution < -0.4 is 0 Å². The van der Waals surface area contributed by atoms with Crippen molar-refractivity contribution in [2.75, 3.05) is 0 Å². The lowest BCUT2D eigenvalue weighted by Gasteiger charge is -2.14. The Morgan fingerprint density at radius 1 is 1.47 bits per heavy atom. The summed E-state index contributed by atoms with van der Waals surface area (Å²) < 4.78 is 0. The van der Waals surface area contributed by atoms with Crippen LogP contribution in [0, 0.1) is 0 Å². The molecule has 0 spiro atoms. The second-order valence-corrected chi connectivity index (χ2v) is 5.91. The fourth-order valence-electron chi connectivity index (χ4n) is 1.39. The second-order valence-electron chi connectivity index (χ2n) is 4.97. The number of aromatic amines is 1. The lowest BCUT2D eigenvalue weighted by atomic mass is 9.93. The Kier molecular flexibility index (Phi) is 3.26. The topological polar surface area (TPSA) is 74.7 Å². The summed E-state index contributed by atoms with van der Waals surface area (Å²) >= 11 is 1.57. The smallest absolute Gasteiger partial charge is 0.153 e. The number of aliphatic hydroxyl groups excluding tert-OH is 1. The van der Waals surface area contributed by atoms with E-state index in [0.29, 0.717) is 12.2 Å². The fourth-order valence-corrected chi connectivity index (χ4v) is 2.45. The molecule has 6 heteroatoms. The van der Waals surface area contributed by atoms with Gasteiger partial charge >= 0.3 is 0 Å². The number of rotatable bonds is 3. The highest BCUT2D eigenvalue weighted by molar-refractivity contribution is 7.09. The van der Waals surface area contributed by atoms with Crippen molar-refractivity contribution in [2.45, 2.75) is 38.7 Å². The van der Waals surface area contributed by atoms with E-state index in [1.807, 2.05) is 5.38 Å². The molecule has 1 unspecified atom stereocenters. The third kappa shape index (κ3) is 2.89. The van der Waals surface area contributed by atoms with Crippen LogP contribution in [0.5, 0.6) is 0 Å². The molecular weight excluding hydrogens is 236 g/mol. The maximum Gasteiger partial charge on any atom is 0.153 e. The maximum absolute atomic E-state index is 9.91. The molecular formula is C11H16N4OS. The normalized spacial score (nSPS) is 13.9. The minimum absolute atomic E-state index is 0.0476. The zero-order valence-corrected chi connectivity index (χ0v) is 11.0. The molecule has 0 radical (unpaired) electrons. The third-order valence-corrected chi connectivity index (χ3v) is 3.31. The molecule has 2 aromatic rings. The van der Waals surface area contributed by atoms with Crippen molar-refractivity contribution in [1.29, 1.82) is 0 Å². The van der Waals surface area contributed by atoms with Crippen molar-refractivity contribution in [2.24, 2.45) is 0 Å². The van der Waals surface area contributed by atoms with Gasteiger partial charge in [-0.3, -0.25) is 5.10 Å². The summed E-state index contributed by atoms with van der Waals surface area (Å²) in [6, 6.07) is 0. The van der Waals surface area contributed by atoms with Crippen molar-refractivity contribution in [3.05, 3.63) is 28.2 Å². The number of aliphatic hydroxyl groups is 1. The molecule has 1 atom stereocenters. The van der Waals surface area contributed by atoms with Gasteiger partial charge in [0.05, 0.1) is 10.7 Å². The maximum atomic E-state index is 9.91. The first-order valence-corrected chi connectivity index (χ1v) is 6.33. The van der Waals surface area contributed by atoms with E-state index in [2.05, 4.69) is 40.9 Å². The standard InChI is InChI=1S/C11H16N4OS/c1-11(2,3)8-5-17-9(14-8)4-7(16)10-12-6-13-15-10/h5-7,16H,4H2,1-3H3,(H,12,13,15). The highest BCUT2D eigenvalue weighted by Crippen LogP contribution is 2.25. The highest BCUT2D eigenvalue weighted by atomic mass is 32.1. The average molecular weight is 252 g/mol. The van der Waals surface area contributed by atoms with Crippen molar-refractivity contribution < 1.29 is 5.11 Å². The number of H-pyrrole nitrogens is 1. The van der Waals surface area contributed by atoms with Gasteiger partial charge in [0.1, 0.15) is 12.4 Å². The molecule has 0 aliphatic heterocycles. The molecule has 0 saturated carbocycles. The van der Waals surface area contributed by atoms with E-state index < -0.39 is 6.10 Å². The van der Waals surface area contributed by atoms with Gasteiger partial charge in [-0.15, -0.1) is 11.3 Å². The Labute approximate surface area is 104 Å². The number of aromatic nitrogens is 4. The SMILES string of the molecule is CC(C)(C)c1csc(CC(O)c2ncn[nH]2)n1. The quantitative estimate of drug-likeness (QED) is 0.874. The van der Waals surface area contributed by atoms with Crippen molar-refractivity contribution >= 4 is 11.3 Å². The Bertz CT molecular complexity index is 472. The lowest BCUT2D eigenvalue weighted by Crippen LogP contribution is -2.12. The first-order valence-electron chi connectivity index (χ1n) is 5.45. The second kappa shape index (κ2) is 4.54. The van der Waals surface area contributed by atoms with Crippen LogP contribution in [-0.4, -0.2) is 25.3 Å². The van der Waals surface area contributed by atoms with Crippen molar-refractivity contribution in [1.82, 2.24) is 20.2 Å². The van der Waals surface area contributed by atoms with Crippen LogP contribution in [0.2, 0.25) is 0 Å². The number of thiazole rings is 1. The zero-order chi connectivity index (χ0) is 12.5. The summed E-state index contributed by atoms with van der Waals surface area (Å²) in [5.74, 6) is 0.484. The van der Waals surface area contributed by atoms with Gasteiger partial charge in [0, 0.05) is 17.2 Å². The number of hydrogen-bond donors (Lipinski definition) is 2. The van der Waals surface area contributed by atoms with Gasteiger partial charge in [0.2, 0.25) is 0 Å². The molecule has 0 bridgehead atoms. The summed E-state index contributed by atoms with van der Waals surface area (Å²) in [6.07, 6.45) is 1.19. The van der Waals surface area contributed by atoms with Crippen LogP contribution >= 0.6 is 11.3 Å². The Morgan fingerprint density at radius 2 is 2.24 bits per heavy atom. The van der Waals surface area contributed by atoms with E-state index in [9.17, 15) is 5.11 Å². The van der Waals surface area contributed by atoms with Crippen molar-refractivity contribution in [3.8, 4) is 0 Å². The molecule has 2 heterocycles.